The van der Waals surface area contributed by atoms with Crippen LogP contribution in [-0.2, 0) is 14.5 Å². The van der Waals surface area contributed by atoms with Crippen LogP contribution in [0.2, 0.25) is 0 Å². The van der Waals surface area contributed by atoms with E-state index in [9.17, 15) is 9.59 Å². The SMILES string of the molecule is CCC(C)C(C)(C)OC(=O)OOC(=O)O. The lowest BCUT2D eigenvalue weighted by molar-refractivity contribution is -0.224. The number of carbonyl (C=O) groups excluding carboxylic acids is 1. The van der Waals surface area contributed by atoms with E-state index in [2.05, 4.69) is 9.78 Å². The van der Waals surface area contributed by atoms with E-state index in [4.69, 9.17) is 9.84 Å². The quantitative estimate of drug-likeness (QED) is 0.447. The molecule has 0 saturated carbocycles. The summed E-state index contributed by atoms with van der Waals surface area (Å²) in [6.45, 7) is 7.28. The average molecular weight is 220 g/mol. The van der Waals surface area contributed by atoms with Crippen LogP contribution in [-0.4, -0.2) is 23.0 Å². The lowest BCUT2D eigenvalue weighted by atomic mass is 9.90. The third-order valence-corrected chi connectivity index (χ3v) is 2.33. The minimum Gasteiger partial charge on any atom is -0.447 e. The largest absolute Gasteiger partial charge is 0.550 e. The Bertz CT molecular complexity index is 235. The van der Waals surface area contributed by atoms with Crippen LogP contribution >= 0.6 is 0 Å². The zero-order chi connectivity index (χ0) is 12.1. The minimum atomic E-state index is -1.70. The summed E-state index contributed by atoms with van der Waals surface area (Å²) in [5.41, 5.74) is -0.728. The topological polar surface area (TPSA) is 82.1 Å². The fourth-order valence-electron chi connectivity index (χ4n) is 0.894. The van der Waals surface area contributed by atoms with Gasteiger partial charge in [-0.25, -0.2) is 9.68 Å². The molecule has 0 aromatic rings. The number of hydrogen-bond donors (Lipinski definition) is 1. The van der Waals surface area contributed by atoms with E-state index in [-0.39, 0.29) is 5.92 Å². The van der Waals surface area contributed by atoms with Gasteiger partial charge in [0.05, 0.1) is 0 Å². The van der Waals surface area contributed by atoms with Gasteiger partial charge >= 0.3 is 12.3 Å². The van der Waals surface area contributed by atoms with Crippen molar-refractivity contribution in [3.8, 4) is 0 Å². The Hall–Kier alpha value is -1.46. The Balaban J connectivity index is 4.10. The highest BCUT2D eigenvalue weighted by Crippen LogP contribution is 2.24. The Kier molecular flexibility index (Phi) is 4.90. The van der Waals surface area contributed by atoms with E-state index < -0.39 is 17.9 Å². The molecule has 0 fully saturated rings. The van der Waals surface area contributed by atoms with Gasteiger partial charge in [0.15, 0.2) is 0 Å². The molecule has 0 aliphatic rings. The first-order valence-corrected chi connectivity index (χ1v) is 4.60. The lowest BCUT2D eigenvalue weighted by Gasteiger charge is -2.29. The summed E-state index contributed by atoms with van der Waals surface area (Å²) in [4.78, 5) is 28.3. The summed E-state index contributed by atoms with van der Waals surface area (Å²) in [7, 11) is 0. The van der Waals surface area contributed by atoms with E-state index in [1.54, 1.807) is 13.8 Å². The van der Waals surface area contributed by atoms with Crippen molar-refractivity contribution in [1.82, 2.24) is 0 Å². The first-order valence-electron chi connectivity index (χ1n) is 4.60. The van der Waals surface area contributed by atoms with Crippen LogP contribution in [0.1, 0.15) is 34.1 Å². The number of hydrogen-bond acceptors (Lipinski definition) is 5. The summed E-state index contributed by atoms with van der Waals surface area (Å²) < 4.78 is 4.89. The second-order valence-corrected chi connectivity index (χ2v) is 3.70. The normalized spacial score (nSPS) is 12.8. The zero-order valence-electron chi connectivity index (χ0n) is 9.27. The highest BCUT2D eigenvalue weighted by Gasteiger charge is 2.30. The van der Waals surface area contributed by atoms with Gasteiger partial charge in [0.2, 0.25) is 0 Å². The van der Waals surface area contributed by atoms with Crippen molar-refractivity contribution in [3.63, 3.8) is 0 Å². The van der Waals surface area contributed by atoms with Crippen molar-refractivity contribution in [3.05, 3.63) is 0 Å². The van der Waals surface area contributed by atoms with Gasteiger partial charge in [0.25, 0.3) is 0 Å². The van der Waals surface area contributed by atoms with Gasteiger partial charge in [-0.15, -0.1) is 0 Å². The van der Waals surface area contributed by atoms with E-state index in [1.165, 1.54) is 0 Å². The van der Waals surface area contributed by atoms with Crippen molar-refractivity contribution in [2.75, 3.05) is 0 Å². The molecule has 0 heterocycles. The van der Waals surface area contributed by atoms with Crippen molar-refractivity contribution in [2.24, 2.45) is 5.92 Å². The highest BCUT2D eigenvalue weighted by atomic mass is 17.3. The van der Waals surface area contributed by atoms with Crippen molar-refractivity contribution < 1.29 is 29.2 Å². The van der Waals surface area contributed by atoms with Crippen LogP contribution < -0.4 is 0 Å². The van der Waals surface area contributed by atoms with Crippen LogP contribution in [0.15, 0.2) is 0 Å². The van der Waals surface area contributed by atoms with E-state index >= 15 is 0 Å². The monoisotopic (exact) mass is 220 g/mol. The average Bonchev–Trinajstić information content (AvgIpc) is 2.12. The fraction of sp³-hybridized carbons (Fsp3) is 0.778. The molecule has 0 aromatic carbocycles. The summed E-state index contributed by atoms with van der Waals surface area (Å²) in [5, 5.41) is 8.06. The van der Waals surface area contributed by atoms with Gasteiger partial charge in [-0.1, -0.05) is 13.8 Å². The third kappa shape index (κ3) is 5.09. The van der Waals surface area contributed by atoms with Crippen LogP contribution in [0.3, 0.4) is 0 Å². The summed E-state index contributed by atoms with van der Waals surface area (Å²) >= 11 is 0. The predicted molar refractivity (Wildman–Crippen MR) is 50.2 cm³/mol. The van der Waals surface area contributed by atoms with Crippen LogP contribution in [0, 0.1) is 5.92 Å². The molecule has 6 heteroatoms. The highest BCUT2D eigenvalue weighted by molar-refractivity contribution is 5.62. The Labute approximate surface area is 88.0 Å². The standard InChI is InChI=1S/C9H16O6/c1-5-6(2)9(3,4)13-8(12)15-14-7(10)11/h6H,5H2,1-4H3,(H,10,11). The van der Waals surface area contributed by atoms with Crippen LogP contribution in [0.25, 0.3) is 0 Å². The van der Waals surface area contributed by atoms with Gasteiger partial charge in [0.1, 0.15) is 5.60 Å². The number of ether oxygens (including phenoxy) is 1. The summed E-state index contributed by atoms with van der Waals surface area (Å²) in [6, 6.07) is 0. The molecule has 0 rings (SSSR count). The molecule has 0 bridgehead atoms. The maximum absolute atomic E-state index is 11.0. The van der Waals surface area contributed by atoms with E-state index in [1.807, 2.05) is 13.8 Å². The molecule has 0 aliphatic carbocycles. The number of carbonyl (C=O) groups is 2. The van der Waals surface area contributed by atoms with Crippen molar-refractivity contribution >= 4 is 12.3 Å². The first kappa shape index (κ1) is 13.5. The molecule has 0 aliphatic heterocycles. The molecular weight excluding hydrogens is 204 g/mol. The number of rotatable bonds is 3. The van der Waals surface area contributed by atoms with Gasteiger partial charge < -0.3 is 9.84 Å². The van der Waals surface area contributed by atoms with Crippen LogP contribution in [0.5, 0.6) is 0 Å². The van der Waals surface area contributed by atoms with Gasteiger partial charge in [-0.05, 0) is 26.2 Å². The molecule has 88 valence electrons. The maximum Gasteiger partial charge on any atom is 0.550 e. The fourth-order valence-corrected chi connectivity index (χ4v) is 0.894. The number of carboxylic acid groups (broad SMARTS) is 1. The molecule has 0 spiro atoms. The predicted octanol–water partition coefficient (Wildman–Crippen LogP) is 2.57. The molecular formula is C9H16O6. The second kappa shape index (κ2) is 5.43. The van der Waals surface area contributed by atoms with Gasteiger partial charge in [-0.3, -0.25) is 0 Å². The Morgan fingerprint density at radius 1 is 1.33 bits per heavy atom. The zero-order valence-corrected chi connectivity index (χ0v) is 9.27. The van der Waals surface area contributed by atoms with Gasteiger partial charge in [-0.2, -0.15) is 9.68 Å². The molecule has 6 nitrogen and oxygen atoms in total. The second-order valence-electron chi connectivity index (χ2n) is 3.70. The lowest BCUT2D eigenvalue weighted by Crippen LogP contribution is -2.35. The molecule has 1 unspecified atom stereocenters. The Morgan fingerprint density at radius 2 is 1.87 bits per heavy atom. The van der Waals surface area contributed by atoms with E-state index in [0.29, 0.717) is 0 Å². The summed E-state index contributed by atoms with van der Waals surface area (Å²) in [5.74, 6) is 0.120. The molecule has 15 heavy (non-hydrogen) atoms. The smallest absolute Gasteiger partial charge is 0.447 e. The van der Waals surface area contributed by atoms with Gasteiger partial charge in [0, 0.05) is 0 Å². The minimum absolute atomic E-state index is 0.120. The van der Waals surface area contributed by atoms with Crippen molar-refractivity contribution in [1.29, 1.82) is 0 Å². The van der Waals surface area contributed by atoms with Crippen LogP contribution in [0.4, 0.5) is 9.59 Å². The van der Waals surface area contributed by atoms with E-state index in [0.717, 1.165) is 6.42 Å². The van der Waals surface area contributed by atoms with Crippen molar-refractivity contribution in [2.45, 2.75) is 39.7 Å². The maximum atomic E-state index is 11.0. The molecule has 1 N–H and O–H groups in total. The Morgan fingerprint density at radius 3 is 2.27 bits per heavy atom. The first-order chi connectivity index (χ1) is 6.79. The summed E-state index contributed by atoms with van der Waals surface area (Å²) in [6.07, 6.45) is -2.05. The third-order valence-electron chi connectivity index (χ3n) is 2.33. The molecule has 0 amide bonds. The molecule has 1 atom stereocenters. The molecule has 0 saturated heterocycles. The molecule has 0 radical (unpaired) electrons. The molecule has 0 aromatic heterocycles.